The highest BCUT2D eigenvalue weighted by atomic mass is 32.1. The summed E-state index contributed by atoms with van der Waals surface area (Å²) >= 11 is 1.61. The van der Waals surface area contributed by atoms with Gasteiger partial charge in [0.25, 0.3) is 0 Å². The molecule has 0 aliphatic heterocycles. The SMILES string of the molecule is COc1cc(NCc2ccc(C)s2)c(F)cc1[N+](=O)[O-]. The van der Waals surface area contributed by atoms with Crippen LogP contribution in [0.25, 0.3) is 0 Å². The number of halogens is 1. The Labute approximate surface area is 119 Å². The van der Waals surface area contributed by atoms with Gasteiger partial charge in [0, 0.05) is 22.4 Å². The first-order valence-electron chi connectivity index (χ1n) is 5.82. The van der Waals surface area contributed by atoms with Crippen LogP contribution < -0.4 is 10.1 Å². The van der Waals surface area contributed by atoms with Gasteiger partial charge in [-0.2, -0.15) is 0 Å². The van der Waals surface area contributed by atoms with Gasteiger partial charge in [-0.05, 0) is 19.1 Å². The average molecular weight is 296 g/mol. The van der Waals surface area contributed by atoms with E-state index in [0.717, 1.165) is 10.9 Å². The van der Waals surface area contributed by atoms with Crippen molar-refractivity contribution in [1.82, 2.24) is 0 Å². The Hall–Kier alpha value is -2.15. The van der Waals surface area contributed by atoms with Gasteiger partial charge in [-0.15, -0.1) is 11.3 Å². The summed E-state index contributed by atoms with van der Waals surface area (Å²) < 4.78 is 18.7. The monoisotopic (exact) mass is 296 g/mol. The van der Waals surface area contributed by atoms with E-state index in [4.69, 9.17) is 4.74 Å². The fourth-order valence-electron chi connectivity index (χ4n) is 1.75. The van der Waals surface area contributed by atoms with E-state index < -0.39 is 10.7 Å². The van der Waals surface area contributed by atoms with Crippen LogP contribution in [0.15, 0.2) is 24.3 Å². The zero-order chi connectivity index (χ0) is 14.7. The third kappa shape index (κ3) is 3.05. The number of ether oxygens (including phenoxy) is 1. The molecule has 0 fully saturated rings. The fourth-order valence-corrected chi connectivity index (χ4v) is 2.58. The third-order valence-corrected chi connectivity index (χ3v) is 3.71. The molecule has 0 atom stereocenters. The summed E-state index contributed by atoms with van der Waals surface area (Å²) in [6, 6.07) is 6.09. The maximum Gasteiger partial charge on any atom is 0.313 e. The van der Waals surface area contributed by atoms with E-state index >= 15 is 0 Å². The zero-order valence-corrected chi connectivity index (χ0v) is 11.8. The van der Waals surface area contributed by atoms with Crippen molar-refractivity contribution in [3.63, 3.8) is 0 Å². The molecule has 1 heterocycles. The lowest BCUT2D eigenvalue weighted by Crippen LogP contribution is -2.02. The van der Waals surface area contributed by atoms with Crippen molar-refractivity contribution in [3.05, 3.63) is 50.0 Å². The second kappa shape index (κ2) is 5.87. The number of methoxy groups -OCH3 is 1. The summed E-state index contributed by atoms with van der Waals surface area (Å²) in [5.74, 6) is -0.646. The highest BCUT2D eigenvalue weighted by Crippen LogP contribution is 2.32. The quantitative estimate of drug-likeness (QED) is 0.674. The molecule has 0 spiro atoms. The molecule has 106 valence electrons. The van der Waals surface area contributed by atoms with Crippen molar-refractivity contribution in [2.75, 3.05) is 12.4 Å². The first kappa shape index (κ1) is 14.3. The molecule has 7 heteroatoms. The lowest BCUT2D eigenvalue weighted by molar-refractivity contribution is -0.385. The number of anilines is 1. The van der Waals surface area contributed by atoms with Crippen molar-refractivity contribution in [2.24, 2.45) is 0 Å². The van der Waals surface area contributed by atoms with Crippen LogP contribution in [0.3, 0.4) is 0 Å². The van der Waals surface area contributed by atoms with E-state index in [0.29, 0.717) is 6.54 Å². The van der Waals surface area contributed by atoms with Gasteiger partial charge in [0.05, 0.1) is 23.8 Å². The van der Waals surface area contributed by atoms with Crippen LogP contribution in [-0.4, -0.2) is 12.0 Å². The maximum atomic E-state index is 13.8. The normalized spacial score (nSPS) is 10.3. The molecule has 0 saturated carbocycles. The molecule has 1 aromatic carbocycles. The second-order valence-corrected chi connectivity index (χ2v) is 5.50. The Morgan fingerprint density at radius 3 is 2.75 bits per heavy atom. The molecule has 0 bridgehead atoms. The minimum Gasteiger partial charge on any atom is -0.490 e. The minimum atomic E-state index is -0.675. The highest BCUT2D eigenvalue weighted by Gasteiger charge is 2.19. The molecule has 0 aliphatic rings. The maximum absolute atomic E-state index is 13.8. The topological polar surface area (TPSA) is 64.4 Å². The first-order chi connectivity index (χ1) is 9.51. The predicted octanol–water partition coefficient (Wildman–Crippen LogP) is 3.72. The Kier molecular flexibility index (Phi) is 4.19. The number of nitro groups is 1. The molecule has 2 aromatic rings. The predicted molar refractivity (Wildman–Crippen MR) is 76.0 cm³/mol. The molecule has 0 amide bonds. The first-order valence-corrected chi connectivity index (χ1v) is 6.64. The van der Waals surface area contributed by atoms with Crippen LogP contribution >= 0.6 is 11.3 Å². The second-order valence-electron chi connectivity index (χ2n) is 4.13. The molecule has 5 nitrogen and oxygen atoms in total. The van der Waals surface area contributed by atoms with E-state index in [2.05, 4.69) is 5.32 Å². The largest absolute Gasteiger partial charge is 0.490 e. The Morgan fingerprint density at radius 1 is 1.45 bits per heavy atom. The number of thiophene rings is 1. The molecule has 2 rings (SSSR count). The van der Waals surface area contributed by atoms with Crippen LogP contribution in [0.2, 0.25) is 0 Å². The molecule has 0 unspecified atom stereocenters. The smallest absolute Gasteiger partial charge is 0.313 e. The number of hydrogen-bond acceptors (Lipinski definition) is 5. The van der Waals surface area contributed by atoms with Crippen molar-refractivity contribution in [3.8, 4) is 5.75 Å². The summed E-state index contributed by atoms with van der Waals surface area (Å²) in [5, 5.41) is 13.7. The van der Waals surface area contributed by atoms with E-state index in [1.165, 1.54) is 18.1 Å². The summed E-state index contributed by atoms with van der Waals surface area (Å²) in [6.07, 6.45) is 0. The van der Waals surface area contributed by atoms with Gasteiger partial charge in [0.2, 0.25) is 0 Å². The van der Waals surface area contributed by atoms with Crippen LogP contribution in [0.4, 0.5) is 15.8 Å². The van der Waals surface area contributed by atoms with Gasteiger partial charge in [0.15, 0.2) is 11.6 Å². The van der Waals surface area contributed by atoms with Crippen molar-refractivity contribution < 1.29 is 14.1 Å². The molecule has 1 aromatic heterocycles. The van der Waals surface area contributed by atoms with Crippen molar-refractivity contribution in [2.45, 2.75) is 13.5 Å². The Bertz CT molecular complexity index is 643. The van der Waals surface area contributed by atoms with Crippen LogP contribution in [0, 0.1) is 22.9 Å². The molecule has 20 heavy (non-hydrogen) atoms. The molecule has 1 N–H and O–H groups in total. The molecule has 0 aliphatic carbocycles. The fraction of sp³-hybridized carbons (Fsp3) is 0.231. The van der Waals surface area contributed by atoms with Gasteiger partial charge in [-0.3, -0.25) is 10.1 Å². The van der Waals surface area contributed by atoms with Gasteiger partial charge < -0.3 is 10.1 Å². The minimum absolute atomic E-state index is 0.0289. The van der Waals surface area contributed by atoms with E-state index in [1.54, 1.807) is 11.3 Å². The Balaban J connectivity index is 2.21. The molecule has 0 saturated heterocycles. The summed E-state index contributed by atoms with van der Waals surface area (Å²) in [5.41, 5.74) is -0.207. The number of nitrogens with zero attached hydrogens (tertiary/aromatic N) is 1. The Morgan fingerprint density at radius 2 is 2.20 bits per heavy atom. The number of nitro benzene ring substituents is 1. The molecular weight excluding hydrogens is 283 g/mol. The summed E-state index contributed by atoms with van der Waals surface area (Å²) in [4.78, 5) is 12.3. The third-order valence-electron chi connectivity index (χ3n) is 2.71. The summed E-state index contributed by atoms with van der Waals surface area (Å²) in [7, 11) is 1.31. The van der Waals surface area contributed by atoms with Gasteiger partial charge >= 0.3 is 5.69 Å². The van der Waals surface area contributed by atoms with E-state index in [9.17, 15) is 14.5 Å². The van der Waals surface area contributed by atoms with Crippen LogP contribution in [0.1, 0.15) is 9.75 Å². The van der Waals surface area contributed by atoms with Crippen molar-refractivity contribution in [1.29, 1.82) is 0 Å². The lowest BCUT2D eigenvalue weighted by Gasteiger charge is -2.09. The lowest BCUT2D eigenvalue weighted by atomic mass is 10.2. The molecular formula is C13H13FN2O3S. The number of nitrogens with one attached hydrogen (secondary N) is 1. The molecule has 0 radical (unpaired) electrons. The number of hydrogen-bond donors (Lipinski definition) is 1. The average Bonchev–Trinajstić information content (AvgIpc) is 2.82. The van der Waals surface area contributed by atoms with Crippen LogP contribution in [0.5, 0.6) is 5.75 Å². The van der Waals surface area contributed by atoms with Gasteiger partial charge in [-0.1, -0.05) is 0 Å². The zero-order valence-electron chi connectivity index (χ0n) is 11.0. The van der Waals surface area contributed by atoms with Gasteiger partial charge in [-0.25, -0.2) is 4.39 Å². The van der Waals surface area contributed by atoms with E-state index in [-0.39, 0.29) is 17.1 Å². The number of aryl methyl sites for hydroxylation is 1. The standard InChI is InChI=1S/C13H13FN2O3S/c1-8-3-4-9(20-8)7-15-11-6-13(19-2)12(16(17)18)5-10(11)14/h3-6,15H,7H2,1-2H3. The highest BCUT2D eigenvalue weighted by molar-refractivity contribution is 7.11. The van der Waals surface area contributed by atoms with E-state index in [1.807, 2.05) is 19.1 Å². The van der Waals surface area contributed by atoms with Crippen LogP contribution in [-0.2, 0) is 6.54 Å². The number of rotatable bonds is 5. The van der Waals surface area contributed by atoms with Crippen molar-refractivity contribution >= 4 is 22.7 Å². The number of benzene rings is 1. The summed E-state index contributed by atoms with van der Waals surface area (Å²) in [6.45, 7) is 2.44. The van der Waals surface area contributed by atoms with Gasteiger partial charge in [0.1, 0.15) is 0 Å².